The van der Waals surface area contributed by atoms with Crippen LogP contribution < -0.4 is 9.47 Å². The average Bonchev–Trinajstić information content (AvgIpc) is 2.60. The molecule has 26 heavy (non-hydrogen) atoms. The Morgan fingerprint density at radius 2 is 2.04 bits per heavy atom. The molecule has 0 saturated heterocycles. The van der Waals surface area contributed by atoms with Crippen molar-refractivity contribution in [3.8, 4) is 23.3 Å². The summed E-state index contributed by atoms with van der Waals surface area (Å²) in [6, 6.07) is 7.59. The lowest BCUT2D eigenvalue weighted by molar-refractivity contribution is -0.145. The van der Waals surface area contributed by atoms with E-state index in [1.807, 2.05) is 6.07 Å². The Labute approximate surface area is 170 Å². The van der Waals surface area contributed by atoms with Crippen LogP contribution in [0.4, 0.5) is 4.39 Å². The Hall–Kier alpha value is -1.82. The zero-order valence-corrected chi connectivity index (χ0v) is 17.2. The van der Waals surface area contributed by atoms with Crippen molar-refractivity contribution < 1.29 is 23.4 Å². The summed E-state index contributed by atoms with van der Waals surface area (Å²) in [5.74, 6) is -1.68. The van der Waals surface area contributed by atoms with Gasteiger partial charge in [0.1, 0.15) is 5.75 Å². The maximum Gasteiger partial charge on any atom is 0.344 e. The minimum absolute atomic E-state index is 0.170. The molecule has 0 bridgehead atoms. The number of nitrogens with zero attached hydrogens (tertiary/aromatic N) is 1. The Bertz CT molecular complexity index is 886. The molecule has 0 unspecified atom stereocenters. The van der Waals surface area contributed by atoms with Crippen molar-refractivity contribution in [1.29, 1.82) is 5.26 Å². The Morgan fingerprint density at radius 1 is 1.31 bits per heavy atom. The minimum Gasteiger partial charge on any atom is -0.479 e. The van der Waals surface area contributed by atoms with Gasteiger partial charge in [0.05, 0.1) is 22.7 Å². The number of ether oxygens (including phenoxy) is 3. The summed E-state index contributed by atoms with van der Waals surface area (Å²) in [6.07, 6.45) is 0. The molecule has 2 rings (SSSR count). The van der Waals surface area contributed by atoms with Gasteiger partial charge >= 0.3 is 5.97 Å². The van der Waals surface area contributed by atoms with Crippen LogP contribution in [-0.4, -0.2) is 19.2 Å². The third kappa shape index (κ3) is 5.10. The lowest BCUT2D eigenvalue weighted by Crippen LogP contribution is -2.15. The van der Waals surface area contributed by atoms with Gasteiger partial charge in [0.15, 0.2) is 18.1 Å². The number of rotatable bonds is 6. The van der Waals surface area contributed by atoms with E-state index >= 15 is 0 Å². The fourth-order valence-electron chi connectivity index (χ4n) is 1.90. The molecule has 0 fully saturated rings. The fourth-order valence-corrected chi connectivity index (χ4v) is 2.88. The van der Waals surface area contributed by atoms with Crippen LogP contribution in [0.2, 0.25) is 5.02 Å². The molecule has 5 nitrogen and oxygen atoms in total. The van der Waals surface area contributed by atoms with Crippen molar-refractivity contribution >= 4 is 49.4 Å². The molecule has 0 aliphatic rings. The van der Waals surface area contributed by atoms with Crippen LogP contribution in [0.1, 0.15) is 12.5 Å². The van der Waals surface area contributed by atoms with Gasteiger partial charge in [-0.3, -0.25) is 0 Å². The summed E-state index contributed by atoms with van der Waals surface area (Å²) in [6.45, 7) is 1.40. The zero-order valence-electron chi connectivity index (χ0n) is 13.3. The van der Waals surface area contributed by atoms with Gasteiger partial charge in [0.25, 0.3) is 0 Å². The van der Waals surface area contributed by atoms with Gasteiger partial charge in [0, 0.05) is 9.50 Å². The van der Waals surface area contributed by atoms with Gasteiger partial charge in [-0.1, -0.05) is 11.6 Å². The number of nitriles is 1. The Kier molecular flexibility index (Phi) is 7.26. The molecule has 2 aromatic rings. The van der Waals surface area contributed by atoms with Crippen LogP contribution in [-0.2, 0) is 9.53 Å². The number of benzene rings is 2. The van der Waals surface area contributed by atoms with Gasteiger partial charge in [-0.2, -0.15) is 9.65 Å². The first kappa shape index (κ1) is 20.5. The fraction of sp³-hybridized carbons (Fsp3) is 0.176. The van der Waals surface area contributed by atoms with Crippen LogP contribution in [0.15, 0.2) is 33.2 Å². The van der Waals surface area contributed by atoms with E-state index in [1.165, 1.54) is 24.3 Å². The lowest BCUT2D eigenvalue weighted by atomic mass is 10.2. The average molecular weight is 508 g/mol. The van der Waals surface area contributed by atoms with E-state index < -0.39 is 18.4 Å². The third-order valence-electron chi connectivity index (χ3n) is 2.95. The highest BCUT2D eigenvalue weighted by Gasteiger charge is 2.20. The summed E-state index contributed by atoms with van der Waals surface area (Å²) < 4.78 is 31.0. The summed E-state index contributed by atoms with van der Waals surface area (Å²) in [5, 5.41) is 9.26. The van der Waals surface area contributed by atoms with Gasteiger partial charge in [-0.05, 0) is 63.0 Å². The topological polar surface area (TPSA) is 68.6 Å². The highest BCUT2D eigenvalue weighted by atomic mass is 79.9. The SMILES string of the molecule is CCOC(=O)COc1cc(Br)c(Br)c(Oc2cc(Cl)cc(C#N)c2)c1F. The van der Waals surface area contributed by atoms with Crippen molar-refractivity contribution in [3.63, 3.8) is 0 Å². The highest BCUT2D eigenvalue weighted by Crippen LogP contribution is 2.42. The summed E-state index contributed by atoms with van der Waals surface area (Å²) in [5.41, 5.74) is 0.262. The molecule has 9 heteroatoms. The molecule has 0 N–H and O–H groups in total. The molecule has 0 amide bonds. The second-order valence-electron chi connectivity index (χ2n) is 4.80. The van der Waals surface area contributed by atoms with Crippen LogP contribution in [0, 0.1) is 17.1 Å². The first-order valence-electron chi connectivity index (χ1n) is 7.20. The molecule has 0 aliphatic carbocycles. The highest BCUT2D eigenvalue weighted by molar-refractivity contribution is 9.13. The number of esters is 1. The third-order valence-corrected chi connectivity index (χ3v) is 5.12. The summed E-state index contributed by atoms with van der Waals surface area (Å²) in [7, 11) is 0. The van der Waals surface area contributed by atoms with E-state index in [-0.39, 0.29) is 38.9 Å². The largest absolute Gasteiger partial charge is 0.479 e. The molecule has 0 aliphatic heterocycles. The van der Waals surface area contributed by atoms with Crippen LogP contribution >= 0.6 is 43.5 Å². The smallest absolute Gasteiger partial charge is 0.344 e. The monoisotopic (exact) mass is 505 g/mol. The van der Waals surface area contributed by atoms with E-state index in [0.29, 0.717) is 4.47 Å². The molecule has 2 aromatic carbocycles. The molecule has 0 saturated carbocycles. The molecule has 0 aromatic heterocycles. The Balaban J connectivity index is 2.35. The number of hydrogen-bond acceptors (Lipinski definition) is 5. The molecule has 0 heterocycles. The molecule has 0 atom stereocenters. The van der Waals surface area contributed by atoms with Gasteiger partial charge in [0.2, 0.25) is 5.82 Å². The summed E-state index contributed by atoms with van der Waals surface area (Å²) >= 11 is 12.4. The first-order valence-corrected chi connectivity index (χ1v) is 9.16. The van der Waals surface area contributed by atoms with E-state index in [1.54, 1.807) is 6.92 Å². The maximum absolute atomic E-state index is 14.8. The van der Waals surface area contributed by atoms with E-state index in [0.717, 1.165) is 0 Å². The predicted molar refractivity (Wildman–Crippen MR) is 100 cm³/mol. The maximum atomic E-state index is 14.8. The minimum atomic E-state index is -0.831. The second kappa shape index (κ2) is 9.21. The van der Waals surface area contributed by atoms with Gasteiger partial charge in [-0.25, -0.2) is 4.79 Å². The molecule has 0 spiro atoms. The first-order chi connectivity index (χ1) is 12.3. The molecule has 136 valence electrons. The molecular formula is C17H11Br2ClFNO4. The van der Waals surface area contributed by atoms with Crippen molar-refractivity contribution in [2.45, 2.75) is 6.92 Å². The number of hydrogen-bond donors (Lipinski definition) is 0. The van der Waals surface area contributed by atoms with E-state index in [9.17, 15) is 9.18 Å². The van der Waals surface area contributed by atoms with Crippen LogP contribution in [0.5, 0.6) is 17.2 Å². The Morgan fingerprint density at radius 3 is 2.69 bits per heavy atom. The van der Waals surface area contributed by atoms with Crippen LogP contribution in [0.25, 0.3) is 0 Å². The quantitative estimate of drug-likeness (QED) is 0.376. The zero-order chi connectivity index (χ0) is 19.3. The number of halogens is 4. The van der Waals surface area contributed by atoms with E-state index in [2.05, 4.69) is 31.9 Å². The van der Waals surface area contributed by atoms with Gasteiger partial charge < -0.3 is 14.2 Å². The second-order valence-corrected chi connectivity index (χ2v) is 6.88. The lowest BCUT2D eigenvalue weighted by Gasteiger charge is -2.14. The summed E-state index contributed by atoms with van der Waals surface area (Å²) in [4.78, 5) is 11.4. The number of carbonyl (C=O) groups excluding carboxylic acids is 1. The van der Waals surface area contributed by atoms with Crippen LogP contribution in [0.3, 0.4) is 0 Å². The van der Waals surface area contributed by atoms with Crippen molar-refractivity contribution in [1.82, 2.24) is 0 Å². The van der Waals surface area contributed by atoms with E-state index in [4.69, 9.17) is 31.1 Å². The van der Waals surface area contributed by atoms with Gasteiger partial charge in [-0.15, -0.1) is 0 Å². The van der Waals surface area contributed by atoms with Crippen molar-refractivity contribution in [2.24, 2.45) is 0 Å². The number of carbonyl (C=O) groups is 1. The van der Waals surface area contributed by atoms with Crippen molar-refractivity contribution in [3.05, 3.63) is 49.6 Å². The normalized spacial score (nSPS) is 10.2. The standard InChI is InChI=1S/C17H11Br2ClFNO4/c1-2-24-14(23)8-25-13-6-12(18)15(19)17(16(13)21)26-11-4-9(7-22)3-10(20)5-11/h3-6H,2,8H2,1H3. The molecule has 0 radical (unpaired) electrons. The molecular weight excluding hydrogens is 496 g/mol. The van der Waals surface area contributed by atoms with Crippen molar-refractivity contribution in [2.75, 3.05) is 13.2 Å². The predicted octanol–water partition coefficient (Wildman–Crippen LogP) is 5.61.